The van der Waals surface area contributed by atoms with Gasteiger partial charge in [0.05, 0.1) is 12.9 Å². The summed E-state index contributed by atoms with van der Waals surface area (Å²) in [6, 6.07) is 7.75. The van der Waals surface area contributed by atoms with Gasteiger partial charge in [-0.1, -0.05) is 23.9 Å². The van der Waals surface area contributed by atoms with Gasteiger partial charge in [0.25, 0.3) is 0 Å². The van der Waals surface area contributed by atoms with E-state index in [0.29, 0.717) is 11.7 Å². The molecule has 1 aromatic carbocycles. The number of benzene rings is 1. The molecule has 0 saturated carbocycles. The first-order valence-corrected chi connectivity index (χ1v) is 6.66. The molecule has 2 aromatic rings. The van der Waals surface area contributed by atoms with Crippen LogP contribution in [0.2, 0.25) is 0 Å². The Balaban J connectivity index is 2.05. The Morgan fingerprint density at radius 2 is 2.16 bits per heavy atom. The second-order valence-electron chi connectivity index (χ2n) is 3.87. The number of aromatic nitrogens is 2. The van der Waals surface area contributed by atoms with Gasteiger partial charge in [-0.25, -0.2) is 4.98 Å². The van der Waals surface area contributed by atoms with Crippen LogP contribution in [-0.4, -0.2) is 33.5 Å². The second kappa shape index (κ2) is 6.29. The molecular weight excluding hydrogens is 264 g/mol. The number of hydrogen-bond acceptors (Lipinski definition) is 4. The van der Waals surface area contributed by atoms with Crippen LogP contribution in [0.5, 0.6) is 5.75 Å². The van der Waals surface area contributed by atoms with Crippen LogP contribution in [0, 0.1) is 0 Å². The summed E-state index contributed by atoms with van der Waals surface area (Å²) in [5.41, 5.74) is 1.11. The number of methoxy groups -OCH3 is 1. The summed E-state index contributed by atoms with van der Waals surface area (Å²) in [6.45, 7) is 0.659. The Kier molecular flexibility index (Phi) is 4.46. The van der Waals surface area contributed by atoms with Gasteiger partial charge in [0.2, 0.25) is 0 Å². The number of carboxylic acid groups (broad SMARTS) is 1. The highest BCUT2D eigenvalue weighted by atomic mass is 32.2. The fourth-order valence-corrected chi connectivity index (χ4v) is 2.29. The topological polar surface area (TPSA) is 64.4 Å². The molecule has 0 radical (unpaired) electrons. The third-order valence-electron chi connectivity index (χ3n) is 2.51. The average molecular weight is 278 g/mol. The van der Waals surface area contributed by atoms with Gasteiger partial charge in [-0.2, -0.15) is 0 Å². The van der Waals surface area contributed by atoms with E-state index in [2.05, 4.69) is 4.98 Å². The maximum Gasteiger partial charge on any atom is 0.313 e. The fourth-order valence-electron chi connectivity index (χ4n) is 1.61. The Hall–Kier alpha value is -1.95. The molecule has 0 spiro atoms. The quantitative estimate of drug-likeness (QED) is 0.820. The molecule has 0 aliphatic carbocycles. The molecule has 1 N–H and O–H groups in total. The molecule has 1 aromatic heterocycles. The van der Waals surface area contributed by atoms with Crippen LogP contribution in [0.4, 0.5) is 0 Å². The highest BCUT2D eigenvalue weighted by molar-refractivity contribution is 7.99. The smallest absolute Gasteiger partial charge is 0.313 e. The first kappa shape index (κ1) is 13.5. The minimum Gasteiger partial charge on any atom is -0.497 e. The van der Waals surface area contributed by atoms with Gasteiger partial charge in [0, 0.05) is 18.9 Å². The number of aliphatic carboxylic acids is 1. The molecule has 0 aliphatic heterocycles. The number of thioether (sulfide) groups is 1. The van der Waals surface area contributed by atoms with Crippen molar-refractivity contribution in [2.45, 2.75) is 11.7 Å². The van der Waals surface area contributed by atoms with Crippen molar-refractivity contribution < 1.29 is 14.6 Å². The molecule has 0 amide bonds. The highest BCUT2D eigenvalue weighted by Crippen LogP contribution is 2.18. The predicted molar refractivity (Wildman–Crippen MR) is 72.7 cm³/mol. The molecule has 0 saturated heterocycles. The molecule has 0 unspecified atom stereocenters. The average Bonchev–Trinajstić information content (AvgIpc) is 2.84. The molecule has 6 heteroatoms. The fraction of sp³-hybridized carbons (Fsp3) is 0.231. The van der Waals surface area contributed by atoms with Crippen molar-refractivity contribution in [2.24, 2.45) is 0 Å². The molecule has 19 heavy (non-hydrogen) atoms. The lowest BCUT2D eigenvalue weighted by molar-refractivity contribution is -0.133. The van der Waals surface area contributed by atoms with Gasteiger partial charge in [0.1, 0.15) is 5.75 Å². The Labute approximate surface area is 115 Å². The summed E-state index contributed by atoms with van der Waals surface area (Å²) in [4.78, 5) is 14.7. The molecular formula is C13H14N2O3S. The van der Waals surface area contributed by atoms with Crippen LogP contribution >= 0.6 is 11.8 Å². The normalized spacial score (nSPS) is 10.4. The Morgan fingerprint density at radius 1 is 1.42 bits per heavy atom. The summed E-state index contributed by atoms with van der Waals surface area (Å²) < 4.78 is 7.03. The summed E-state index contributed by atoms with van der Waals surface area (Å²) in [7, 11) is 1.63. The summed E-state index contributed by atoms with van der Waals surface area (Å²) in [5, 5.41) is 9.39. The van der Waals surface area contributed by atoms with E-state index >= 15 is 0 Å². The number of rotatable bonds is 6. The van der Waals surface area contributed by atoms with Crippen LogP contribution in [0.1, 0.15) is 5.56 Å². The van der Waals surface area contributed by atoms with Crippen molar-refractivity contribution in [1.29, 1.82) is 0 Å². The third-order valence-corrected chi connectivity index (χ3v) is 3.50. The van der Waals surface area contributed by atoms with Crippen molar-refractivity contribution in [3.05, 3.63) is 42.2 Å². The molecule has 1 heterocycles. The number of imidazole rings is 1. The Morgan fingerprint density at radius 3 is 2.79 bits per heavy atom. The lowest BCUT2D eigenvalue weighted by Gasteiger charge is -2.07. The van der Waals surface area contributed by atoms with E-state index in [0.717, 1.165) is 11.3 Å². The third kappa shape index (κ3) is 3.75. The van der Waals surface area contributed by atoms with Crippen LogP contribution in [0.3, 0.4) is 0 Å². The van der Waals surface area contributed by atoms with Gasteiger partial charge < -0.3 is 14.4 Å². The zero-order valence-corrected chi connectivity index (χ0v) is 11.3. The number of carbonyl (C=O) groups is 1. The van der Waals surface area contributed by atoms with Crippen LogP contribution in [0.25, 0.3) is 0 Å². The molecule has 0 atom stereocenters. The minimum absolute atomic E-state index is 0.0135. The van der Waals surface area contributed by atoms with E-state index in [-0.39, 0.29) is 5.75 Å². The molecule has 0 bridgehead atoms. The number of carboxylic acids is 1. The zero-order chi connectivity index (χ0) is 13.7. The van der Waals surface area contributed by atoms with Gasteiger partial charge in [-0.15, -0.1) is 0 Å². The molecule has 0 fully saturated rings. The maximum atomic E-state index is 10.6. The predicted octanol–water partition coefficient (Wildman–Crippen LogP) is 2.12. The molecule has 5 nitrogen and oxygen atoms in total. The van der Waals surface area contributed by atoms with E-state index in [1.54, 1.807) is 13.3 Å². The van der Waals surface area contributed by atoms with Crippen molar-refractivity contribution in [3.63, 3.8) is 0 Å². The van der Waals surface area contributed by atoms with Gasteiger partial charge in [0.15, 0.2) is 5.16 Å². The first-order chi connectivity index (χ1) is 9.19. The summed E-state index contributed by atoms with van der Waals surface area (Å²) in [5.74, 6) is -0.0153. The SMILES string of the molecule is COc1ccc(Cn2ccnc2SCC(=O)O)cc1. The van der Waals surface area contributed by atoms with E-state index in [1.807, 2.05) is 35.0 Å². The van der Waals surface area contributed by atoms with Crippen molar-refractivity contribution >= 4 is 17.7 Å². The second-order valence-corrected chi connectivity index (χ2v) is 4.81. The monoisotopic (exact) mass is 278 g/mol. The molecule has 100 valence electrons. The molecule has 2 rings (SSSR count). The minimum atomic E-state index is -0.844. The van der Waals surface area contributed by atoms with E-state index in [1.165, 1.54) is 11.8 Å². The number of ether oxygens (including phenoxy) is 1. The van der Waals surface area contributed by atoms with Crippen LogP contribution in [0.15, 0.2) is 41.8 Å². The van der Waals surface area contributed by atoms with Crippen molar-refractivity contribution in [2.75, 3.05) is 12.9 Å². The van der Waals surface area contributed by atoms with Crippen LogP contribution in [-0.2, 0) is 11.3 Å². The number of hydrogen-bond donors (Lipinski definition) is 1. The Bertz CT molecular complexity index is 551. The van der Waals surface area contributed by atoms with Crippen LogP contribution < -0.4 is 4.74 Å². The lowest BCUT2D eigenvalue weighted by atomic mass is 10.2. The van der Waals surface area contributed by atoms with Gasteiger partial charge in [-0.3, -0.25) is 4.79 Å². The lowest BCUT2D eigenvalue weighted by Crippen LogP contribution is -2.03. The van der Waals surface area contributed by atoms with E-state index in [9.17, 15) is 4.79 Å². The highest BCUT2D eigenvalue weighted by Gasteiger charge is 2.07. The summed E-state index contributed by atoms with van der Waals surface area (Å²) >= 11 is 1.22. The van der Waals surface area contributed by atoms with Crippen molar-refractivity contribution in [3.8, 4) is 5.75 Å². The number of nitrogens with zero attached hydrogens (tertiary/aromatic N) is 2. The zero-order valence-electron chi connectivity index (χ0n) is 10.4. The van der Waals surface area contributed by atoms with Gasteiger partial charge >= 0.3 is 5.97 Å². The van der Waals surface area contributed by atoms with Crippen molar-refractivity contribution in [1.82, 2.24) is 9.55 Å². The summed E-state index contributed by atoms with van der Waals surface area (Å²) in [6.07, 6.45) is 3.52. The first-order valence-electron chi connectivity index (χ1n) is 5.67. The van der Waals surface area contributed by atoms with Gasteiger partial charge in [-0.05, 0) is 17.7 Å². The van der Waals surface area contributed by atoms with E-state index < -0.39 is 5.97 Å². The largest absolute Gasteiger partial charge is 0.497 e. The van der Waals surface area contributed by atoms with E-state index in [4.69, 9.17) is 9.84 Å². The maximum absolute atomic E-state index is 10.6. The molecule has 0 aliphatic rings. The standard InChI is InChI=1S/C13H14N2O3S/c1-18-11-4-2-10(3-5-11)8-15-7-6-14-13(15)19-9-12(16)17/h2-7H,8-9H2,1H3,(H,16,17).